The minimum absolute atomic E-state index is 0.0983. The average Bonchev–Trinajstić information content (AvgIpc) is 2.79. The maximum Gasteiger partial charge on any atom is 0.285 e. The fourth-order valence-electron chi connectivity index (χ4n) is 1.69. The van der Waals surface area contributed by atoms with E-state index in [0.29, 0.717) is 6.07 Å². The Bertz CT molecular complexity index is 778. The lowest BCUT2D eigenvalue weighted by Gasteiger charge is -2.06. The van der Waals surface area contributed by atoms with Crippen molar-refractivity contribution >= 4 is 17.4 Å². The maximum atomic E-state index is 13.0. The van der Waals surface area contributed by atoms with Crippen molar-refractivity contribution in [3.05, 3.63) is 51.5 Å². The Labute approximate surface area is 117 Å². The van der Waals surface area contributed by atoms with E-state index in [0.717, 1.165) is 12.1 Å². The van der Waals surface area contributed by atoms with Crippen LogP contribution in [0.15, 0.2) is 24.4 Å². The molecule has 8 nitrogen and oxygen atoms in total. The van der Waals surface area contributed by atoms with Crippen molar-refractivity contribution in [3.8, 4) is 6.07 Å². The zero-order valence-electron chi connectivity index (χ0n) is 10.7. The van der Waals surface area contributed by atoms with Crippen LogP contribution in [-0.4, -0.2) is 20.6 Å². The van der Waals surface area contributed by atoms with Gasteiger partial charge in [-0.15, -0.1) is 0 Å². The van der Waals surface area contributed by atoms with E-state index in [-0.39, 0.29) is 16.9 Å². The minimum atomic E-state index is -0.855. The first-order chi connectivity index (χ1) is 9.93. The van der Waals surface area contributed by atoms with Crippen LogP contribution in [0.4, 0.5) is 15.9 Å². The summed E-state index contributed by atoms with van der Waals surface area (Å²) in [7, 11) is 1.50. The number of benzene rings is 1. The number of aromatic nitrogens is 2. The third-order valence-corrected chi connectivity index (χ3v) is 2.69. The Morgan fingerprint density at radius 1 is 1.57 bits per heavy atom. The number of anilines is 1. The van der Waals surface area contributed by atoms with Gasteiger partial charge in [0, 0.05) is 7.05 Å². The summed E-state index contributed by atoms with van der Waals surface area (Å²) < 4.78 is 14.3. The summed E-state index contributed by atoms with van der Waals surface area (Å²) in [6, 6.07) is 4.43. The van der Waals surface area contributed by atoms with Gasteiger partial charge in [0.15, 0.2) is 0 Å². The van der Waals surface area contributed by atoms with E-state index < -0.39 is 22.3 Å². The number of halogens is 1. The summed E-state index contributed by atoms with van der Waals surface area (Å²) >= 11 is 0. The summed E-state index contributed by atoms with van der Waals surface area (Å²) in [6.45, 7) is 0. The van der Waals surface area contributed by atoms with Crippen molar-refractivity contribution in [2.45, 2.75) is 0 Å². The zero-order valence-corrected chi connectivity index (χ0v) is 10.7. The summed E-state index contributed by atoms with van der Waals surface area (Å²) in [5.41, 5.74) is -0.865. The number of amides is 1. The molecular weight excluding hydrogens is 281 g/mol. The van der Waals surface area contributed by atoms with Crippen molar-refractivity contribution in [2.75, 3.05) is 5.32 Å². The molecule has 0 fully saturated rings. The number of nitrogens with one attached hydrogen (secondary N) is 1. The van der Waals surface area contributed by atoms with Gasteiger partial charge in [0.1, 0.15) is 28.8 Å². The van der Waals surface area contributed by atoms with Gasteiger partial charge >= 0.3 is 0 Å². The number of nitriles is 1. The van der Waals surface area contributed by atoms with Crippen LogP contribution in [0.3, 0.4) is 0 Å². The SMILES string of the molecule is Cn1ncc(C#N)c1NC(=O)c1ccc(F)cc1[N+](=O)[O-]. The molecule has 21 heavy (non-hydrogen) atoms. The fourth-order valence-corrected chi connectivity index (χ4v) is 1.69. The minimum Gasteiger partial charge on any atom is -0.305 e. The zero-order chi connectivity index (χ0) is 15.6. The number of carbonyl (C=O) groups is 1. The van der Waals surface area contributed by atoms with E-state index in [4.69, 9.17) is 5.26 Å². The van der Waals surface area contributed by atoms with Crippen LogP contribution in [0.25, 0.3) is 0 Å². The molecule has 106 valence electrons. The van der Waals surface area contributed by atoms with E-state index in [2.05, 4.69) is 10.4 Å². The Hall–Kier alpha value is -3.28. The van der Waals surface area contributed by atoms with Gasteiger partial charge in [0.25, 0.3) is 11.6 Å². The van der Waals surface area contributed by atoms with Gasteiger partial charge in [-0.05, 0) is 12.1 Å². The van der Waals surface area contributed by atoms with Gasteiger partial charge in [-0.25, -0.2) is 4.39 Å². The smallest absolute Gasteiger partial charge is 0.285 e. The third-order valence-electron chi connectivity index (χ3n) is 2.69. The first-order valence-corrected chi connectivity index (χ1v) is 5.61. The number of nitro benzene ring substituents is 1. The molecule has 0 aliphatic rings. The van der Waals surface area contributed by atoms with Crippen molar-refractivity contribution in [2.24, 2.45) is 7.05 Å². The molecule has 0 atom stereocenters. The van der Waals surface area contributed by atoms with Gasteiger partial charge < -0.3 is 5.32 Å². The highest BCUT2D eigenvalue weighted by Crippen LogP contribution is 2.22. The predicted molar refractivity (Wildman–Crippen MR) is 68.9 cm³/mol. The van der Waals surface area contributed by atoms with Gasteiger partial charge in [-0.2, -0.15) is 10.4 Å². The lowest BCUT2D eigenvalue weighted by molar-refractivity contribution is -0.385. The van der Waals surface area contributed by atoms with Crippen LogP contribution in [0.5, 0.6) is 0 Å². The van der Waals surface area contributed by atoms with E-state index in [9.17, 15) is 19.3 Å². The molecule has 0 spiro atoms. The highest BCUT2D eigenvalue weighted by molar-refractivity contribution is 6.07. The van der Waals surface area contributed by atoms with Gasteiger partial charge in [0.05, 0.1) is 17.2 Å². The molecule has 0 aliphatic carbocycles. The molecule has 0 aliphatic heterocycles. The van der Waals surface area contributed by atoms with Crippen molar-refractivity contribution in [3.63, 3.8) is 0 Å². The van der Waals surface area contributed by atoms with Crippen LogP contribution < -0.4 is 5.32 Å². The molecule has 1 heterocycles. The lowest BCUT2D eigenvalue weighted by Crippen LogP contribution is -2.17. The number of carbonyl (C=O) groups excluding carboxylic acids is 1. The van der Waals surface area contributed by atoms with Gasteiger partial charge in [-0.1, -0.05) is 0 Å². The largest absolute Gasteiger partial charge is 0.305 e. The number of hydrogen-bond donors (Lipinski definition) is 1. The van der Waals surface area contributed by atoms with E-state index in [1.165, 1.54) is 17.9 Å². The molecule has 2 rings (SSSR count). The molecule has 2 aromatic rings. The Morgan fingerprint density at radius 2 is 2.29 bits per heavy atom. The van der Waals surface area contributed by atoms with E-state index >= 15 is 0 Å². The number of aryl methyl sites for hydroxylation is 1. The molecule has 0 bridgehead atoms. The van der Waals surface area contributed by atoms with Gasteiger partial charge in [0.2, 0.25) is 0 Å². The number of nitrogens with zero attached hydrogens (tertiary/aromatic N) is 4. The summed E-state index contributed by atoms with van der Waals surface area (Å²) in [4.78, 5) is 22.1. The topological polar surface area (TPSA) is 114 Å². The molecule has 0 saturated heterocycles. The van der Waals surface area contributed by atoms with Crippen LogP contribution in [0.1, 0.15) is 15.9 Å². The summed E-state index contributed by atoms with van der Waals surface area (Å²) in [6.07, 6.45) is 1.24. The van der Waals surface area contributed by atoms with Crippen LogP contribution >= 0.6 is 0 Å². The third kappa shape index (κ3) is 2.69. The number of hydrogen-bond acceptors (Lipinski definition) is 5. The van der Waals surface area contributed by atoms with E-state index in [1.54, 1.807) is 0 Å². The Kier molecular flexibility index (Phi) is 3.62. The molecule has 1 amide bonds. The Balaban J connectivity index is 2.40. The standard InChI is InChI=1S/C12H8FN5O3/c1-17-11(7(5-14)6-15-17)16-12(19)9-3-2-8(13)4-10(9)18(20)21/h2-4,6H,1H3,(H,16,19). The first-order valence-electron chi connectivity index (χ1n) is 5.61. The summed E-state index contributed by atoms with van der Waals surface area (Å²) in [5, 5.41) is 25.9. The molecule has 1 N–H and O–H groups in total. The molecule has 0 unspecified atom stereocenters. The molecule has 9 heteroatoms. The van der Waals surface area contributed by atoms with E-state index in [1.807, 2.05) is 6.07 Å². The second-order valence-corrected chi connectivity index (χ2v) is 4.01. The fraction of sp³-hybridized carbons (Fsp3) is 0.0833. The molecule has 1 aromatic heterocycles. The maximum absolute atomic E-state index is 13.0. The predicted octanol–water partition coefficient (Wildman–Crippen LogP) is 1.59. The number of rotatable bonds is 3. The van der Waals surface area contributed by atoms with Crippen LogP contribution in [0, 0.1) is 27.3 Å². The highest BCUT2D eigenvalue weighted by atomic mass is 19.1. The molecule has 1 aromatic carbocycles. The second kappa shape index (κ2) is 5.38. The van der Waals surface area contributed by atoms with Crippen molar-refractivity contribution in [1.82, 2.24) is 9.78 Å². The molecule has 0 radical (unpaired) electrons. The quantitative estimate of drug-likeness (QED) is 0.680. The van der Waals surface area contributed by atoms with Gasteiger partial charge in [-0.3, -0.25) is 19.6 Å². The molecular formula is C12H8FN5O3. The highest BCUT2D eigenvalue weighted by Gasteiger charge is 2.22. The van der Waals surface area contributed by atoms with Crippen LogP contribution in [-0.2, 0) is 7.05 Å². The average molecular weight is 289 g/mol. The van der Waals surface area contributed by atoms with Crippen LogP contribution in [0.2, 0.25) is 0 Å². The normalized spacial score (nSPS) is 9.95. The lowest BCUT2D eigenvalue weighted by atomic mass is 10.1. The first kappa shape index (κ1) is 14.1. The second-order valence-electron chi connectivity index (χ2n) is 4.01. The monoisotopic (exact) mass is 289 g/mol. The summed E-state index contributed by atoms with van der Waals surface area (Å²) in [5.74, 6) is -1.56. The van der Waals surface area contributed by atoms with Crippen molar-refractivity contribution < 1.29 is 14.1 Å². The number of nitro groups is 1. The Morgan fingerprint density at radius 3 is 2.90 bits per heavy atom. The van der Waals surface area contributed by atoms with Crippen molar-refractivity contribution in [1.29, 1.82) is 5.26 Å². The molecule has 0 saturated carbocycles.